The Morgan fingerprint density at radius 1 is 1.00 bits per heavy atom. The van der Waals surface area contributed by atoms with Gasteiger partial charge >= 0.3 is 6.09 Å². The number of imidazole rings is 1. The number of carbonyl (C=O) groups is 1. The highest BCUT2D eigenvalue weighted by Gasteiger charge is 2.40. The molecule has 4 aromatic rings. The highest BCUT2D eigenvalue weighted by Crippen LogP contribution is 2.39. The van der Waals surface area contributed by atoms with Crippen molar-refractivity contribution in [3.8, 4) is 11.1 Å². The summed E-state index contributed by atoms with van der Waals surface area (Å²) in [6.45, 7) is 21.3. The van der Waals surface area contributed by atoms with Gasteiger partial charge in [0.05, 0.1) is 23.2 Å². The van der Waals surface area contributed by atoms with Gasteiger partial charge in [0.2, 0.25) is 0 Å². The summed E-state index contributed by atoms with van der Waals surface area (Å²) in [7, 11) is -1.34. The summed E-state index contributed by atoms with van der Waals surface area (Å²) in [5.74, 6) is -1.43. The first-order chi connectivity index (χ1) is 22.7. The van der Waals surface area contributed by atoms with Gasteiger partial charge in [-0.05, 0) is 62.4 Å². The summed E-state index contributed by atoms with van der Waals surface area (Å²) in [6, 6.07) is 18.8. The Labute approximate surface area is 282 Å². The van der Waals surface area contributed by atoms with Gasteiger partial charge in [0, 0.05) is 39.9 Å². The second-order valence-electron chi connectivity index (χ2n) is 14.5. The minimum atomic E-state index is -1.34. The minimum Gasteiger partial charge on any atom is -0.444 e. The number of benzene rings is 3. The Morgan fingerprint density at radius 3 is 2.33 bits per heavy atom. The zero-order chi connectivity index (χ0) is 34.7. The lowest BCUT2D eigenvalue weighted by Gasteiger charge is -2.42. The molecule has 48 heavy (non-hydrogen) atoms. The number of fused-ring (bicyclic) bond motifs is 1. The average Bonchev–Trinajstić information content (AvgIpc) is 3.37. The molecule has 1 saturated heterocycles. The molecule has 1 aromatic heterocycles. The Morgan fingerprint density at radius 2 is 1.69 bits per heavy atom. The number of nitrogens with zero attached hydrogens (tertiary/aromatic N) is 4. The van der Waals surface area contributed by atoms with E-state index >= 15 is 0 Å². The third-order valence-electron chi connectivity index (χ3n) is 8.51. The maximum atomic E-state index is 14.4. The van der Waals surface area contributed by atoms with E-state index in [0.29, 0.717) is 55.1 Å². The molecule has 0 atom stereocenters. The first-order valence-corrected chi connectivity index (χ1v) is 20.0. The van der Waals surface area contributed by atoms with Crippen LogP contribution in [0.3, 0.4) is 0 Å². The van der Waals surface area contributed by atoms with Crippen LogP contribution in [0.15, 0.2) is 60.7 Å². The van der Waals surface area contributed by atoms with E-state index in [1.165, 1.54) is 0 Å². The number of piperidine rings is 1. The monoisotopic (exact) mass is 674 g/mol. The van der Waals surface area contributed by atoms with Gasteiger partial charge in [-0.15, -0.1) is 0 Å². The Kier molecular flexibility index (Phi) is 10.4. The molecule has 0 N–H and O–H groups in total. The van der Waals surface area contributed by atoms with Crippen LogP contribution in [0.1, 0.15) is 45.0 Å². The number of ether oxygens (including phenoxy) is 3. The van der Waals surface area contributed by atoms with E-state index in [1.807, 2.05) is 63.2 Å². The first-order valence-electron chi connectivity index (χ1n) is 16.3. The lowest BCUT2D eigenvalue weighted by Crippen LogP contribution is -2.48. The van der Waals surface area contributed by atoms with Crippen LogP contribution in [0.5, 0.6) is 0 Å². The van der Waals surface area contributed by atoms with Crippen LogP contribution in [-0.4, -0.2) is 53.9 Å². The fraction of sp³-hybridized carbons (Fsp3) is 0.432. The molecule has 1 amide bonds. The molecule has 1 aliphatic heterocycles. The molecule has 0 bridgehead atoms. The van der Waals surface area contributed by atoms with Crippen LogP contribution in [0.25, 0.3) is 27.0 Å². The molecule has 5 rings (SSSR count). The van der Waals surface area contributed by atoms with E-state index in [-0.39, 0.29) is 19.4 Å². The van der Waals surface area contributed by atoms with E-state index in [0.717, 1.165) is 34.9 Å². The van der Waals surface area contributed by atoms with E-state index < -0.39 is 30.9 Å². The quantitative estimate of drug-likeness (QED) is 0.0953. The lowest BCUT2D eigenvalue weighted by atomic mass is 9.83. The van der Waals surface area contributed by atoms with E-state index in [2.05, 4.69) is 29.5 Å². The normalized spacial score (nSPS) is 15.0. The second kappa shape index (κ2) is 14.2. The van der Waals surface area contributed by atoms with Gasteiger partial charge in [-0.3, -0.25) is 0 Å². The van der Waals surface area contributed by atoms with E-state index in [4.69, 9.17) is 20.8 Å². The second-order valence-corrected chi connectivity index (χ2v) is 20.2. The SMILES string of the molecule is [C-]#[N+]c1cccc(-c2ccc(C3(OCc4nc5cc(F)c(F)cc5n4COCC[Si](C)(C)C)CCN(C(=O)OC(C)(C)C)CC3)cc2)c1. The number of rotatable bonds is 10. The number of hydrogen-bond donors (Lipinski definition) is 0. The molecule has 0 spiro atoms. The van der Waals surface area contributed by atoms with E-state index in [1.54, 1.807) is 15.5 Å². The predicted molar refractivity (Wildman–Crippen MR) is 185 cm³/mol. The van der Waals surface area contributed by atoms with Crippen molar-refractivity contribution in [3.05, 3.63) is 95.1 Å². The maximum absolute atomic E-state index is 14.4. The number of amides is 1. The van der Waals surface area contributed by atoms with Gasteiger partial charge in [-0.25, -0.2) is 23.4 Å². The number of carbonyl (C=O) groups excluding carboxylic acids is 1. The van der Waals surface area contributed by atoms with Crippen LogP contribution in [-0.2, 0) is 33.1 Å². The molecule has 1 fully saturated rings. The van der Waals surface area contributed by atoms with Crippen molar-refractivity contribution < 1.29 is 27.8 Å². The average molecular weight is 675 g/mol. The van der Waals surface area contributed by atoms with Gasteiger partial charge in [0.25, 0.3) is 0 Å². The largest absolute Gasteiger partial charge is 0.444 e. The Hall–Kier alpha value is -4.11. The number of hydrogen-bond acceptors (Lipinski definition) is 5. The minimum absolute atomic E-state index is 0.0521. The van der Waals surface area contributed by atoms with Crippen LogP contribution >= 0.6 is 0 Å². The van der Waals surface area contributed by atoms with Crippen molar-refractivity contribution in [1.82, 2.24) is 14.5 Å². The van der Waals surface area contributed by atoms with Crippen molar-refractivity contribution in [2.45, 2.75) is 83.8 Å². The summed E-state index contributed by atoms with van der Waals surface area (Å²) in [4.78, 5) is 22.8. The molecule has 254 valence electrons. The highest BCUT2D eigenvalue weighted by molar-refractivity contribution is 6.76. The first kappa shape index (κ1) is 35.2. The maximum Gasteiger partial charge on any atom is 0.410 e. The molecular weight excluding hydrogens is 631 g/mol. The molecule has 0 saturated carbocycles. The fourth-order valence-corrected chi connectivity index (χ4v) is 6.53. The summed E-state index contributed by atoms with van der Waals surface area (Å²) in [5, 5.41) is 0. The van der Waals surface area contributed by atoms with Crippen LogP contribution < -0.4 is 0 Å². The van der Waals surface area contributed by atoms with Crippen molar-refractivity contribution in [2.75, 3.05) is 19.7 Å². The summed E-state index contributed by atoms with van der Waals surface area (Å²) in [6.07, 6.45) is 0.622. The van der Waals surface area contributed by atoms with Crippen molar-refractivity contribution in [2.24, 2.45) is 0 Å². The van der Waals surface area contributed by atoms with Crippen LogP contribution in [0.2, 0.25) is 25.7 Å². The third kappa shape index (κ3) is 8.48. The van der Waals surface area contributed by atoms with Crippen molar-refractivity contribution in [1.29, 1.82) is 0 Å². The zero-order valence-corrected chi connectivity index (χ0v) is 29.6. The van der Waals surface area contributed by atoms with Gasteiger partial charge in [-0.2, -0.15) is 0 Å². The summed E-state index contributed by atoms with van der Waals surface area (Å²) in [5.41, 5.74) is 2.76. The topological polar surface area (TPSA) is 70.2 Å². The molecule has 8 nitrogen and oxygen atoms in total. The number of halogens is 2. The predicted octanol–water partition coefficient (Wildman–Crippen LogP) is 9.29. The molecule has 0 radical (unpaired) electrons. The zero-order valence-electron chi connectivity index (χ0n) is 28.6. The molecule has 0 unspecified atom stereocenters. The molecule has 1 aliphatic rings. The summed E-state index contributed by atoms with van der Waals surface area (Å²) < 4.78 is 48.9. The molecule has 3 aromatic carbocycles. The highest BCUT2D eigenvalue weighted by atomic mass is 28.3. The fourth-order valence-electron chi connectivity index (χ4n) is 5.78. The Balaban J connectivity index is 1.44. The van der Waals surface area contributed by atoms with E-state index in [9.17, 15) is 13.6 Å². The Bertz CT molecular complexity index is 1800. The smallest absolute Gasteiger partial charge is 0.410 e. The molecular formula is C37H44F2N4O4Si. The van der Waals surface area contributed by atoms with Gasteiger partial charge in [0.1, 0.15) is 24.8 Å². The van der Waals surface area contributed by atoms with Crippen molar-refractivity contribution in [3.63, 3.8) is 0 Å². The van der Waals surface area contributed by atoms with Crippen LogP contribution in [0, 0.1) is 18.2 Å². The molecule has 2 heterocycles. The standard InChI is InChI=1S/C37H44F2N4O4Si/c1-36(2,3)47-35(44)42-17-15-37(16-18-42,28-13-11-26(12-14-28)27-9-8-10-29(21-27)40-4)46-24-34-41-32-22-30(38)31(39)23-33(32)43(34)25-45-19-20-48(5,6)7/h8-14,21-23H,15-20,24-25H2,1-3,5-7H3. The molecule has 11 heteroatoms. The van der Waals surface area contributed by atoms with Gasteiger partial charge in [-0.1, -0.05) is 62.1 Å². The van der Waals surface area contributed by atoms with Crippen molar-refractivity contribution >= 4 is 30.9 Å². The lowest BCUT2D eigenvalue weighted by molar-refractivity contribution is -0.102. The molecule has 0 aliphatic carbocycles. The van der Waals surface area contributed by atoms with Gasteiger partial charge in [0.15, 0.2) is 17.3 Å². The number of aromatic nitrogens is 2. The number of likely N-dealkylation sites (tertiary alicyclic amines) is 1. The third-order valence-corrected chi connectivity index (χ3v) is 10.2. The van der Waals surface area contributed by atoms with Gasteiger partial charge < -0.3 is 23.7 Å². The summed E-state index contributed by atoms with van der Waals surface area (Å²) >= 11 is 0. The van der Waals surface area contributed by atoms with Crippen LogP contribution in [0.4, 0.5) is 19.3 Å².